The number of nitrogens with one attached hydrogen (secondary N) is 1. The van der Waals surface area contributed by atoms with E-state index in [1.807, 2.05) is 42.6 Å². The van der Waals surface area contributed by atoms with Crippen LogP contribution in [0.1, 0.15) is 34.3 Å². The standard InChI is InChI=1S/C18H24N2O2S/c1-12-6-13(2)8-15(7-12)18(22)20-5-3-4-14(9-20)17(21)19-16-10-23-11-16/h6-8,14,16H,3-5,9-11H2,1-2H3,(H,19,21). The molecule has 1 N–H and O–H groups in total. The van der Waals surface area contributed by atoms with Crippen molar-refractivity contribution in [3.05, 3.63) is 34.9 Å². The lowest BCUT2D eigenvalue weighted by Gasteiger charge is -2.34. The summed E-state index contributed by atoms with van der Waals surface area (Å²) >= 11 is 1.86. The van der Waals surface area contributed by atoms with E-state index >= 15 is 0 Å². The first-order chi connectivity index (χ1) is 11.0. The van der Waals surface area contributed by atoms with Gasteiger partial charge in [0.1, 0.15) is 0 Å². The van der Waals surface area contributed by atoms with Crippen LogP contribution >= 0.6 is 11.8 Å². The average Bonchev–Trinajstić information content (AvgIpc) is 2.49. The van der Waals surface area contributed by atoms with Crippen molar-refractivity contribution in [3.63, 3.8) is 0 Å². The number of carbonyl (C=O) groups is 2. The van der Waals surface area contributed by atoms with Crippen molar-refractivity contribution in [3.8, 4) is 0 Å². The Balaban J connectivity index is 1.65. The van der Waals surface area contributed by atoms with Gasteiger partial charge in [0.05, 0.1) is 5.92 Å². The Labute approximate surface area is 142 Å². The molecular weight excluding hydrogens is 308 g/mol. The van der Waals surface area contributed by atoms with Crippen LogP contribution in [0.3, 0.4) is 0 Å². The fourth-order valence-electron chi connectivity index (χ4n) is 3.29. The van der Waals surface area contributed by atoms with Gasteiger partial charge in [0, 0.05) is 36.2 Å². The van der Waals surface area contributed by atoms with Gasteiger partial charge in [0.15, 0.2) is 0 Å². The van der Waals surface area contributed by atoms with Gasteiger partial charge in [-0.1, -0.05) is 17.2 Å². The second kappa shape index (κ2) is 6.95. The molecule has 0 aromatic heterocycles. The van der Waals surface area contributed by atoms with Gasteiger partial charge in [-0.15, -0.1) is 0 Å². The van der Waals surface area contributed by atoms with Gasteiger partial charge in [0.2, 0.25) is 5.91 Å². The quantitative estimate of drug-likeness (QED) is 0.924. The minimum Gasteiger partial charge on any atom is -0.351 e. The number of hydrogen-bond acceptors (Lipinski definition) is 3. The van der Waals surface area contributed by atoms with Gasteiger partial charge in [-0.2, -0.15) is 11.8 Å². The number of amides is 2. The molecule has 0 aliphatic carbocycles. The van der Waals surface area contributed by atoms with Gasteiger partial charge in [-0.05, 0) is 38.8 Å². The summed E-state index contributed by atoms with van der Waals surface area (Å²) < 4.78 is 0. The van der Waals surface area contributed by atoms with Gasteiger partial charge in [-0.3, -0.25) is 9.59 Å². The van der Waals surface area contributed by atoms with Gasteiger partial charge < -0.3 is 10.2 Å². The molecular formula is C18H24N2O2S. The molecule has 2 saturated heterocycles. The Hall–Kier alpha value is -1.49. The van der Waals surface area contributed by atoms with Crippen LogP contribution in [0.25, 0.3) is 0 Å². The van der Waals surface area contributed by atoms with Crippen molar-refractivity contribution in [1.29, 1.82) is 0 Å². The molecule has 1 atom stereocenters. The molecule has 4 nitrogen and oxygen atoms in total. The highest BCUT2D eigenvalue weighted by Crippen LogP contribution is 2.22. The molecule has 0 radical (unpaired) electrons. The summed E-state index contributed by atoms with van der Waals surface area (Å²) in [6, 6.07) is 6.27. The fraction of sp³-hybridized carbons (Fsp3) is 0.556. The molecule has 2 heterocycles. The summed E-state index contributed by atoms with van der Waals surface area (Å²) in [5, 5.41) is 3.11. The van der Waals surface area contributed by atoms with Gasteiger partial charge in [0.25, 0.3) is 5.91 Å². The molecule has 0 saturated carbocycles. The molecule has 1 aromatic carbocycles. The first kappa shape index (κ1) is 16.4. The lowest BCUT2D eigenvalue weighted by Crippen LogP contribution is -2.50. The molecule has 124 valence electrons. The average molecular weight is 332 g/mol. The summed E-state index contributed by atoms with van der Waals surface area (Å²) in [7, 11) is 0. The summed E-state index contributed by atoms with van der Waals surface area (Å²) in [4.78, 5) is 27.0. The summed E-state index contributed by atoms with van der Waals surface area (Å²) in [6.07, 6.45) is 1.77. The van der Waals surface area contributed by atoms with Crippen molar-refractivity contribution >= 4 is 23.6 Å². The minimum atomic E-state index is -0.0655. The first-order valence-electron chi connectivity index (χ1n) is 8.28. The van der Waals surface area contributed by atoms with Crippen LogP contribution in [0.2, 0.25) is 0 Å². The Morgan fingerprint density at radius 2 is 1.87 bits per heavy atom. The van der Waals surface area contributed by atoms with Crippen LogP contribution in [0, 0.1) is 19.8 Å². The maximum absolute atomic E-state index is 12.8. The molecule has 1 aromatic rings. The number of aryl methyl sites for hydroxylation is 2. The molecule has 5 heteroatoms. The molecule has 3 rings (SSSR count). The van der Waals surface area contributed by atoms with Crippen LogP contribution in [0.15, 0.2) is 18.2 Å². The predicted molar refractivity (Wildman–Crippen MR) is 93.8 cm³/mol. The number of rotatable bonds is 3. The molecule has 2 fully saturated rings. The Bertz CT molecular complexity index is 593. The molecule has 0 bridgehead atoms. The van der Waals surface area contributed by atoms with Crippen molar-refractivity contribution < 1.29 is 9.59 Å². The summed E-state index contributed by atoms with van der Waals surface area (Å²) in [5.74, 6) is 2.14. The number of nitrogens with zero attached hydrogens (tertiary/aromatic N) is 1. The maximum Gasteiger partial charge on any atom is 0.253 e. The molecule has 2 aliphatic heterocycles. The van der Waals surface area contributed by atoms with E-state index in [-0.39, 0.29) is 17.7 Å². The second-order valence-electron chi connectivity index (χ2n) is 6.71. The molecule has 23 heavy (non-hydrogen) atoms. The van der Waals surface area contributed by atoms with Gasteiger partial charge in [-0.25, -0.2) is 0 Å². The van der Waals surface area contributed by atoms with Crippen LogP contribution in [0.5, 0.6) is 0 Å². The summed E-state index contributed by atoms with van der Waals surface area (Å²) in [5.41, 5.74) is 2.93. The van der Waals surface area contributed by atoms with Crippen LogP contribution in [0.4, 0.5) is 0 Å². The smallest absolute Gasteiger partial charge is 0.253 e. The van der Waals surface area contributed by atoms with E-state index in [2.05, 4.69) is 11.4 Å². The minimum absolute atomic E-state index is 0.0495. The molecule has 0 spiro atoms. The zero-order valence-corrected chi connectivity index (χ0v) is 14.6. The normalized spacial score (nSPS) is 21.7. The third-order valence-electron chi connectivity index (χ3n) is 4.53. The third kappa shape index (κ3) is 3.89. The van der Waals surface area contributed by atoms with E-state index in [0.717, 1.165) is 47.6 Å². The fourth-order valence-corrected chi connectivity index (χ4v) is 3.93. The monoisotopic (exact) mass is 332 g/mol. The van der Waals surface area contributed by atoms with Crippen LogP contribution in [-0.2, 0) is 4.79 Å². The molecule has 2 aliphatic rings. The Morgan fingerprint density at radius 1 is 1.17 bits per heavy atom. The van der Waals surface area contributed by atoms with E-state index < -0.39 is 0 Å². The third-order valence-corrected chi connectivity index (χ3v) is 5.81. The zero-order valence-electron chi connectivity index (χ0n) is 13.8. The van der Waals surface area contributed by atoms with E-state index in [4.69, 9.17) is 0 Å². The second-order valence-corrected chi connectivity index (χ2v) is 7.78. The zero-order chi connectivity index (χ0) is 16.4. The number of benzene rings is 1. The SMILES string of the molecule is Cc1cc(C)cc(C(=O)N2CCCC(C(=O)NC3CSC3)C2)c1. The summed E-state index contributed by atoms with van der Waals surface area (Å²) in [6.45, 7) is 5.30. The first-order valence-corrected chi connectivity index (χ1v) is 9.44. The van der Waals surface area contributed by atoms with E-state index in [1.54, 1.807) is 0 Å². The maximum atomic E-state index is 12.8. The molecule has 2 amide bonds. The van der Waals surface area contributed by atoms with Crippen molar-refractivity contribution in [2.24, 2.45) is 5.92 Å². The van der Waals surface area contributed by atoms with Crippen molar-refractivity contribution in [1.82, 2.24) is 10.2 Å². The lowest BCUT2D eigenvalue weighted by atomic mass is 9.96. The lowest BCUT2D eigenvalue weighted by molar-refractivity contribution is -0.126. The number of carbonyl (C=O) groups excluding carboxylic acids is 2. The van der Waals surface area contributed by atoms with Crippen molar-refractivity contribution in [2.45, 2.75) is 32.7 Å². The Kier molecular flexibility index (Phi) is 4.95. The highest BCUT2D eigenvalue weighted by molar-refractivity contribution is 8.00. The highest BCUT2D eigenvalue weighted by atomic mass is 32.2. The molecule has 1 unspecified atom stereocenters. The number of likely N-dealkylation sites (tertiary alicyclic amines) is 1. The largest absolute Gasteiger partial charge is 0.351 e. The van der Waals surface area contributed by atoms with E-state index in [9.17, 15) is 9.59 Å². The highest BCUT2D eigenvalue weighted by Gasteiger charge is 2.31. The van der Waals surface area contributed by atoms with E-state index in [0.29, 0.717) is 12.6 Å². The number of piperidine rings is 1. The Morgan fingerprint density at radius 3 is 2.48 bits per heavy atom. The van der Waals surface area contributed by atoms with E-state index in [1.165, 1.54) is 0 Å². The predicted octanol–water partition coefficient (Wildman–Crippen LogP) is 2.39. The van der Waals surface area contributed by atoms with Crippen LogP contribution < -0.4 is 5.32 Å². The van der Waals surface area contributed by atoms with Crippen molar-refractivity contribution in [2.75, 3.05) is 24.6 Å². The topological polar surface area (TPSA) is 49.4 Å². The van der Waals surface area contributed by atoms with Crippen LogP contribution in [-0.4, -0.2) is 47.4 Å². The van der Waals surface area contributed by atoms with Gasteiger partial charge >= 0.3 is 0 Å². The number of hydrogen-bond donors (Lipinski definition) is 1. The number of thioether (sulfide) groups is 1.